The summed E-state index contributed by atoms with van der Waals surface area (Å²) in [6.45, 7) is 9.04. The van der Waals surface area contributed by atoms with Gasteiger partial charge >= 0.3 is 0 Å². The summed E-state index contributed by atoms with van der Waals surface area (Å²) in [7, 11) is -1.86. The summed E-state index contributed by atoms with van der Waals surface area (Å²) in [5, 5.41) is 13.6. The van der Waals surface area contributed by atoms with E-state index >= 15 is 0 Å². The summed E-state index contributed by atoms with van der Waals surface area (Å²) in [5.74, 6) is 1.37. The van der Waals surface area contributed by atoms with Crippen molar-refractivity contribution in [3.05, 3.63) is 35.2 Å². The first-order valence-electron chi connectivity index (χ1n) is 12.8. The second-order valence-corrected chi connectivity index (χ2v) is 12.3. The lowest BCUT2D eigenvalue weighted by atomic mass is 10.0. The molecule has 1 fully saturated rings. The van der Waals surface area contributed by atoms with E-state index in [4.69, 9.17) is 9.26 Å². The van der Waals surface area contributed by atoms with E-state index in [1.165, 1.54) is 12.8 Å². The molecule has 1 aliphatic carbocycles. The van der Waals surface area contributed by atoms with Gasteiger partial charge in [0.25, 0.3) is 10.0 Å². The molecule has 0 radical (unpaired) electrons. The number of ether oxygens (including phenoxy) is 1. The van der Waals surface area contributed by atoms with E-state index in [1.54, 1.807) is 36.9 Å². The van der Waals surface area contributed by atoms with Crippen LogP contribution in [0, 0.1) is 25.7 Å². The molecule has 204 valence electrons. The van der Waals surface area contributed by atoms with E-state index < -0.39 is 10.0 Å². The highest BCUT2D eigenvalue weighted by Gasteiger charge is 2.32. The Morgan fingerprint density at radius 1 is 1.27 bits per heavy atom. The van der Waals surface area contributed by atoms with Crippen LogP contribution < -0.4 is 9.46 Å². The number of hydrogen-bond acceptors (Lipinski definition) is 8. The maximum Gasteiger partial charge on any atom is 0.267 e. The molecule has 1 amide bonds. The molecule has 0 spiro atoms. The minimum absolute atomic E-state index is 0.00102. The zero-order valence-corrected chi connectivity index (χ0v) is 23.0. The van der Waals surface area contributed by atoms with Gasteiger partial charge in [-0.25, -0.2) is 8.42 Å². The van der Waals surface area contributed by atoms with Crippen molar-refractivity contribution in [1.29, 1.82) is 0 Å². The van der Waals surface area contributed by atoms with Crippen LogP contribution in [0.4, 0.5) is 5.69 Å². The zero-order chi connectivity index (χ0) is 26.9. The molecule has 0 bridgehead atoms. The third kappa shape index (κ3) is 6.45. The SMILES string of the molecule is Cc1noc(C)c1S(=O)(=O)Nc1ccc2c(c1)CC(=O)N([C@@H](C)CO)C[C@H](C)[C@H](CN(C)CC1CC1)O2. The minimum atomic E-state index is -3.95. The number of aliphatic hydroxyl groups is 1. The third-order valence-corrected chi connectivity index (χ3v) is 8.79. The molecule has 2 heterocycles. The second kappa shape index (κ2) is 11.0. The van der Waals surface area contributed by atoms with Crippen molar-refractivity contribution in [2.45, 2.75) is 64.0 Å². The zero-order valence-electron chi connectivity index (χ0n) is 22.2. The van der Waals surface area contributed by atoms with Crippen LogP contribution in [0.15, 0.2) is 27.6 Å². The van der Waals surface area contributed by atoms with Gasteiger partial charge in [-0.2, -0.15) is 0 Å². The van der Waals surface area contributed by atoms with Gasteiger partial charge in [-0.1, -0.05) is 12.1 Å². The first-order chi connectivity index (χ1) is 17.5. The van der Waals surface area contributed by atoms with E-state index in [0.717, 1.165) is 12.5 Å². The molecule has 2 aliphatic rings. The Morgan fingerprint density at radius 3 is 2.62 bits per heavy atom. The topological polar surface area (TPSA) is 125 Å². The lowest BCUT2D eigenvalue weighted by molar-refractivity contribution is -0.134. The van der Waals surface area contributed by atoms with Gasteiger partial charge in [0.2, 0.25) is 5.91 Å². The van der Waals surface area contributed by atoms with Crippen molar-refractivity contribution >= 4 is 21.6 Å². The van der Waals surface area contributed by atoms with E-state index in [1.807, 2.05) is 6.92 Å². The number of likely N-dealkylation sites (N-methyl/N-ethyl adjacent to an activating group) is 1. The number of carbonyl (C=O) groups excluding carboxylic acids is 1. The fourth-order valence-electron chi connectivity index (χ4n) is 4.90. The normalized spacial score (nSPS) is 21.6. The predicted molar refractivity (Wildman–Crippen MR) is 139 cm³/mol. The second-order valence-electron chi connectivity index (χ2n) is 10.6. The highest BCUT2D eigenvalue weighted by molar-refractivity contribution is 7.92. The number of rotatable bonds is 9. The Labute approximate surface area is 219 Å². The number of nitrogens with one attached hydrogen (secondary N) is 1. The number of fused-ring (bicyclic) bond motifs is 1. The van der Waals surface area contributed by atoms with E-state index in [0.29, 0.717) is 30.1 Å². The van der Waals surface area contributed by atoms with Crippen LogP contribution in [0.2, 0.25) is 0 Å². The first kappa shape index (κ1) is 27.4. The van der Waals surface area contributed by atoms with Gasteiger partial charge in [0.1, 0.15) is 17.5 Å². The molecular formula is C26H38N4O6S. The molecule has 0 saturated heterocycles. The molecule has 1 aromatic heterocycles. The highest BCUT2D eigenvalue weighted by Crippen LogP contribution is 2.32. The standard InChI is InChI=1S/C26H38N4O6S/c1-16-12-30(17(2)15-31)25(32)11-21-10-22(28-37(33,34)26-18(3)27-36-19(26)4)8-9-23(21)35-24(16)14-29(5)13-20-6-7-20/h8-10,16-17,20,24,28,31H,6-7,11-15H2,1-5H3/t16-,17-,24-/m0/s1. The molecule has 37 heavy (non-hydrogen) atoms. The summed E-state index contributed by atoms with van der Waals surface area (Å²) in [5.41, 5.74) is 1.17. The third-order valence-electron chi connectivity index (χ3n) is 7.16. The molecular weight excluding hydrogens is 496 g/mol. The Kier molecular flexibility index (Phi) is 8.15. The van der Waals surface area contributed by atoms with Crippen LogP contribution in [-0.4, -0.2) is 79.8 Å². The summed E-state index contributed by atoms with van der Waals surface area (Å²) in [4.78, 5) is 17.4. The number of aryl methyl sites for hydroxylation is 2. The predicted octanol–water partition coefficient (Wildman–Crippen LogP) is 2.58. The lowest BCUT2D eigenvalue weighted by Crippen LogP contribution is -2.47. The van der Waals surface area contributed by atoms with E-state index in [-0.39, 0.29) is 53.3 Å². The molecule has 1 aliphatic heterocycles. The van der Waals surface area contributed by atoms with Gasteiger partial charge in [-0.15, -0.1) is 0 Å². The Bertz CT molecular complexity index is 1210. The van der Waals surface area contributed by atoms with Gasteiger partial charge in [-0.3, -0.25) is 9.52 Å². The van der Waals surface area contributed by atoms with Crippen molar-refractivity contribution in [1.82, 2.24) is 15.0 Å². The van der Waals surface area contributed by atoms with Crippen LogP contribution in [0.5, 0.6) is 5.75 Å². The van der Waals surface area contributed by atoms with Gasteiger partial charge in [-0.05, 0) is 64.8 Å². The molecule has 4 rings (SSSR count). The highest BCUT2D eigenvalue weighted by atomic mass is 32.2. The molecule has 11 heteroatoms. The maximum atomic E-state index is 13.4. The number of nitrogens with zero attached hydrogens (tertiary/aromatic N) is 3. The number of hydrogen-bond donors (Lipinski definition) is 2. The Balaban J connectivity index is 1.65. The summed E-state index contributed by atoms with van der Waals surface area (Å²) in [6, 6.07) is 4.66. The van der Waals surface area contributed by atoms with Crippen LogP contribution in [0.3, 0.4) is 0 Å². The van der Waals surface area contributed by atoms with Gasteiger partial charge in [0.15, 0.2) is 10.7 Å². The average molecular weight is 535 g/mol. The summed E-state index contributed by atoms with van der Waals surface area (Å²) < 4.78 is 40.2. The van der Waals surface area contributed by atoms with Crippen molar-refractivity contribution in [2.75, 3.05) is 38.0 Å². The Morgan fingerprint density at radius 2 is 2.00 bits per heavy atom. The van der Waals surface area contributed by atoms with Crippen molar-refractivity contribution < 1.29 is 27.6 Å². The van der Waals surface area contributed by atoms with E-state index in [9.17, 15) is 18.3 Å². The average Bonchev–Trinajstić information content (AvgIpc) is 3.56. The number of aliphatic hydroxyl groups excluding tert-OH is 1. The van der Waals surface area contributed by atoms with Crippen LogP contribution >= 0.6 is 0 Å². The summed E-state index contributed by atoms with van der Waals surface area (Å²) in [6.07, 6.45) is 2.36. The molecule has 2 aromatic rings. The summed E-state index contributed by atoms with van der Waals surface area (Å²) >= 11 is 0. The van der Waals surface area contributed by atoms with E-state index in [2.05, 4.69) is 28.8 Å². The monoisotopic (exact) mass is 534 g/mol. The number of amides is 1. The van der Waals surface area contributed by atoms with Gasteiger partial charge in [0.05, 0.1) is 19.1 Å². The minimum Gasteiger partial charge on any atom is -0.488 e. The molecule has 1 saturated carbocycles. The number of aromatic nitrogens is 1. The van der Waals surface area contributed by atoms with Crippen molar-refractivity contribution in [3.8, 4) is 5.75 Å². The number of benzene rings is 1. The molecule has 3 atom stereocenters. The number of sulfonamides is 1. The van der Waals surface area contributed by atoms with Crippen LogP contribution in [0.25, 0.3) is 0 Å². The molecule has 0 unspecified atom stereocenters. The maximum absolute atomic E-state index is 13.4. The van der Waals surface area contributed by atoms with Crippen molar-refractivity contribution in [2.24, 2.45) is 11.8 Å². The van der Waals surface area contributed by atoms with Gasteiger partial charge in [0, 0.05) is 36.8 Å². The largest absolute Gasteiger partial charge is 0.488 e. The smallest absolute Gasteiger partial charge is 0.267 e. The molecule has 2 N–H and O–H groups in total. The fourth-order valence-corrected chi connectivity index (χ4v) is 6.28. The quantitative estimate of drug-likeness (QED) is 0.503. The number of anilines is 1. The Hall–Kier alpha value is -2.63. The first-order valence-corrected chi connectivity index (χ1v) is 14.3. The fraction of sp³-hybridized carbons (Fsp3) is 0.615. The van der Waals surface area contributed by atoms with Crippen LogP contribution in [0.1, 0.15) is 43.7 Å². The lowest BCUT2D eigenvalue weighted by Gasteiger charge is -2.34. The molecule has 10 nitrogen and oxygen atoms in total. The number of carbonyl (C=O) groups is 1. The van der Waals surface area contributed by atoms with Crippen molar-refractivity contribution in [3.63, 3.8) is 0 Å². The van der Waals surface area contributed by atoms with Gasteiger partial charge < -0.3 is 24.2 Å². The molecule has 1 aromatic carbocycles. The van der Waals surface area contributed by atoms with Crippen LogP contribution in [-0.2, 0) is 21.2 Å².